The van der Waals surface area contributed by atoms with Crippen molar-refractivity contribution in [2.24, 2.45) is 0 Å². The number of rotatable bonds is 3. The molecule has 24 heavy (non-hydrogen) atoms. The summed E-state index contributed by atoms with van der Waals surface area (Å²) in [6.07, 6.45) is 0.628. The average Bonchev–Trinajstić information content (AvgIpc) is 2.91. The van der Waals surface area contributed by atoms with Crippen LogP contribution in [0.4, 0.5) is 5.69 Å². The molecule has 1 saturated heterocycles. The van der Waals surface area contributed by atoms with Crippen LogP contribution in [-0.4, -0.2) is 24.4 Å². The van der Waals surface area contributed by atoms with Crippen molar-refractivity contribution in [3.8, 4) is 0 Å². The van der Waals surface area contributed by atoms with E-state index in [2.05, 4.69) is 12.2 Å². The molecule has 3 rings (SSSR count). The first kappa shape index (κ1) is 16.2. The minimum Gasteiger partial charge on any atom is -0.340 e. The zero-order valence-electron chi connectivity index (χ0n) is 14.3. The molecule has 1 heterocycles. The minimum absolute atomic E-state index is 0.0429. The lowest BCUT2D eigenvalue weighted by Gasteiger charge is -2.18. The maximum atomic E-state index is 12.6. The van der Waals surface area contributed by atoms with Crippen LogP contribution in [0.5, 0.6) is 0 Å². The van der Waals surface area contributed by atoms with E-state index >= 15 is 0 Å². The maximum absolute atomic E-state index is 12.6. The first-order chi connectivity index (χ1) is 11.5. The number of carbonyl (C=O) groups excluding carboxylic acids is 2. The van der Waals surface area contributed by atoms with Gasteiger partial charge in [-0.3, -0.25) is 9.59 Å². The summed E-state index contributed by atoms with van der Waals surface area (Å²) in [5.74, 6) is -0.242. The predicted molar refractivity (Wildman–Crippen MR) is 95.3 cm³/mol. The van der Waals surface area contributed by atoms with Crippen molar-refractivity contribution in [2.45, 2.75) is 33.2 Å². The third-order valence-corrected chi connectivity index (χ3v) is 4.63. The lowest BCUT2D eigenvalue weighted by molar-refractivity contribution is -0.118. The molecule has 1 unspecified atom stereocenters. The third-order valence-electron chi connectivity index (χ3n) is 4.63. The number of hydrogen-bond donors (Lipinski definition) is 1. The number of hydrogen-bond acceptors (Lipinski definition) is 2. The Morgan fingerprint density at radius 2 is 1.75 bits per heavy atom. The van der Waals surface area contributed by atoms with Gasteiger partial charge in [0.2, 0.25) is 5.91 Å². The first-order valence-electron chi connectivity index (χ1n) is 8.22. The van der Waals surface area contributed by atoms with Gasteiger partial charge >= 0.3 is 0 Å². The summed E-state index contributed by atoms with van der Waals surface area (Å²) in [5.41, 5.74) is 4.94. The van der Waals surface area contributed by atoms with Gasteiger partial charge in [-0.15, -0.1) is 0 Å². The SMILES string of the molecule is Cc1ccc(C(=O)NC2CCN(c3ccc(C)c(C)c3)C2=O)cc1. The van der Waals surface area contributed by atoms with Crippen molar-refractivity contribution >= 4 is 17.5 Å². The second-order valence-corrected chi connectivity index (χ2v) is 6.44. The van der Waals surface area contributed by atoms with Gasteiger partial charge in [0, 0.05) is 17.8 Å². The summed E-state index contributed by atoms with van der Waals surface area (Å²) in [5, 5.41) is 2.86. The zero-order chi connectivity index (χ0) is 17.3. The number of anilines is 1. The van der Waals surface area contributed by atoms with E-state index in [1.54, 1.807) is 17.0 Å². The second kappa shape index (κ2) is 6.48. The van der Waals surface area contributed by atoms with Crippen LogP contribution >= 0.6 is 0 Å². The normalized spacial score (nSPS) is 17.2. The molecule has 0 radical (unpaired) electrons. The van der Waals surface area contributed by atoms with Crippen LogP contribution in [-0.2, 0) is 4.79 Å². The smallest absolute Gasteiger partial charge is 0.251 e. The van der Waals surface area contributed by atoms with E-state index < -0.39 is 6.04 Å². The Kier molecular flexibility index (Phi) is 4.38. The number of benzene rings is 2. The summed E-state index contributed by atoms with van der Waals surface area (Å²) >= 11 is 0. The Hall–Kier alpha value is -2.62. The molecule has 0 bridgehead atoms. The van der Waals surface area contributed by atoms with E-state index in [1.165, 1.54) is 5.56 Å². The molecule has 1 aliphatic rings. The fourth-order valence-corrected chi connectivity index (χ4v) is 2.91. The summed E-state index contributed by atoms with van der Waals surface area (Å²) in [4.78, 5) is 26.7. The summed E-state index contributed by atoms with van der Waals surface area (Å²) in [6, 6.07) is 12.9. The highest BCUT2D eigenvalue weighted by atomic mass is 16.2. The lowest BCUT2D eigenvalue weighted by atomic mass is 10.1. The Bertz CT molecular complexity index is 781. The Labute approximate surface area is 142 Å². The van der Waals surface area contributed by atoms with Crippen molar-refractivity contribution < 1.29 is 9.59 Å². The highest BCUT2D eigenvalue weighted by molar-refractivity contribution is 6.03. The molecule has 0 saturated carbocycles. The van der Waals surface area contributed by atoms with Gasteiger partial charge in [0.15, 0.2) is 0 Å². The molecule has 4 nitrogen and oxygen atoms in total. The van der Waals surface area contributed by atoms with Crippen LogP contribution in [0, 0.1) is 20.8 Å². The molecule has 1 fully saturated rings. The molecule has 2 aromatic rings. The van der Waals surface area contributed by atoms with Crippen LogP contribution in [0.2, 0.25) is 0 Å². The molecule has 124 valence electrons. The third kappa shape index (κ3) is 3.18. The summed E-state index contributed by atoms with van der Waals surface area (Å²) < 4.78 is 0. The fourth-order valence-electron chi connectivity index (χ4n) is 2.91. The van der Waals surface area contributed by atoms with E-state index in [-0.39, 0.29) is 11.8 Å². The number of amides is 2. The maximum Gasteiger partial charge on any atom is 0.251 e. The molecule has 0 spiro atoms. The van der Waals surface area contributed by atoms with Crippen molar-refractivity contribution in [3.05, 3.63) is 64.7 Å². The van der Waals surface area contributed by atoms with Crippen molar-refractivity contribution in [2.75, 3.05) is 11.4 Å². The second-order valence-electron chi connectivity index (χ2n) is 6.44. The molecule has 0 aliphatic carbocycles. The van der Waals surface area contributed by atoms with Gasteiger partial charge < -0.3 is 10.2 Å². The number of aryl methyl sites for hydroxylation is 3. The summed E-state index contributed by atoms with van der Waals surface area (Å²) in [6.45, 7) is 6.69. The van der Waals surface area contributed by atoms with Crippen LogP contribution in [0.15, 0.2) is 42.5 Å². The van der Waals surface area contributed by atoms with E-state index in [0.29, 0.717) is 18.5 Å². The van der Waals surface area contributed by atoms with E-state index in [1.807, 2.05) is 44.2 Å². The van der Waals surface area contributed by atoms with Gasteiger partial charge in [0.25, 0.3) is 5.91 Å². The molecule has 4 heteroatoms. The van der Waals surface area contributed by atoms with E-state index in [0.717, 1.165) is 16.8 Å². The lowest BCUT2D eigenvalue weighted by Crippen LogP contribution is -2.41. The topological polar surface area (TPSA) is 49.4 Å². The number of nitrogens with zero attached hydrogens (tertiary/aromatic N) is 1. The molecule has 0 aromatic heterocycles. The number of nitrogens with one attached hydrogen (secondary N) is 1. The van der Waals surface area contributed by atoms with Gasteiger partial charge in [-0.2, -0.15) is 0 Å². The monoisotopic (exact) mass is 322 g/mol. The molecule has 2 amide bonds. The number of carbonyl (C=O) groups is 2. The van der Waals surface area contributed by atoms with Gasteiger partial charge in [0.05, 0.1) is 0 Å². The quantitative estimate of drug-likeness (QED) is 0.944. The zero-order valence-corrected chi connectivity index (χ0v) is 14.3. The Balaban J connectivity index is 1.70. The molecular formula is C20H22N2O2. The van der Waals surface area contributed by atoms with Crippen molar-refractivity contribution in [1.82, 2.24) is 5.32 Å². The highest BCUT2D eigenvalue weighted by Gasteiger charge is 2.33. The molecule has 1 atom stereocenters. The van der Waals surface area contributed by atoms with Gasteiger partial charge in [-0.25, -0.2) is 0 Å². The summed E-state index contributed by atoms with van der Waals surface area (Å²) in [7, 11) is 0. The average molecular weight is 322 g/mol. The van der Waals surface area contributed by atoms with Gasteiger partial charge in [-0.1, -0.05) is 23.8 Å². The first-order valence-corrected chi connectivity index (χ1v) is 8.22. The Morgan fingerprint density at radius 3 is 2.42 bits per heavy atom. The fraction of sp³-hybridized carbons (Fsp3) is 0.300. The van der Waals surface area contributed by atoms with Crippen molar-refractivity contribution in [3.63, 3.8) is 0 Å². The molecule has 1 N–H and O–H groups in total. The standard InChI is InChI=1S/C20H22N2O2/c1-13-4-7-16(8-5-13)19(23)21-18-10-11-22(20(18)24)17-9-6-14(2)15(3)12-17/h4-9,12,18H,10-11H2,1-3H3,(H,21,23). The predicted octanol–water partition coefficient (Wildman–Crippen LogP) is 3.15. The molecule has 1 aliphatic heterocycles. The highest BCUT2D eigenvalue weighted by Crippen LogP contribution is 2.24. The Morgan fingerprint density at radius 1 is 1.04 bits per heavy atom. The largest absolute Gasteiger partial charge is 0.340 e. The van der Waals surface area contributed by atoms with Crippen LogP contribution in [0.1, 0.15) is 33.5 Å². The van der Waals surface area contributed by atoms with Crippen LogP contribution in [0.25, 0.3) is 0 Å². The van der Waals surface area contributed by atoms with Gasteiger partial charge in [-0.05, 0) is 62.6 Å². The van der Waals surface area contributed by atoms with Crippen molar-refractivity contribution in [1.29, 1.82) is 0 Å². The minimum atomic E-state index is -0.458. The van der Waals surface area contributed by atoms with Crippen LogP contribution < -0.4 is 10.2 Å². The van der Waals surface area contributed by atoms with Gasteiger partial charge in [0.1, 0.15) is 6.04 Å². The van der Waals surface area contributed by atoms with E-state index in [4.69, 9.17) is 0 Å². The van der Waals surface area contributed by atoms with E-state index in [9.17, 15) is 9.59 Å². The molecular weight excluding hydrogens is 300 g/mol. The van der Waals surface area contributed by atoms with Crippen LogP contribution in [0.3, 0.4) is 0 Å². The molecule has 2 aromatic carbocycles.